The highest BCUT2D eigenvalue weighted by Crippen LogP contribution is 2.59. The van der Waals surface area contributed by atoms with Crippen molar-refractivity contribution in [1.82, 2.24) is 0 Å². The van der Waals surface area contributed by atoms with E-state index in [1.807, 2.05) is 20.8 Å². The van der Waals surface area contributed by atoms with Gasteiger partial charge in [0.15, 0.2) is 0 Å². The standard InChI is InChI=1S/C8H19O2P/c1-6-8(4,5)11(9,10)7(2)3/h7H,6H2,1-5H3,(H,9,10). The lowest BCUT2D eigenvalue weighted by molar-refractivity contribution is 0.423. The lowest BCUT2D eigenvalue weighted by atomic mass is 10.1. The summed E-state index contributed by atoms with van der Waals surface area (Å²) in [6.07, 6.45) is 0.749. The molecule has 68 valence electrons. The summed E-state index contributed by atoms with van der Waals surface area (Å²) in [6.45, 7) is 9.27. The molecule has 0 heterocycles. The third kappa shape index (κ3) is 2.07. The van der Waals surface area contributed by atoms with E-state index in [-0.39, 0.29) is 5.66 Å². The van der Waals surface area contributed by atoms with E-state index in [9.17, 15) is 9.46 Å². The van der Waals surface area contributed by atoms with E-state index in [0.717, 1.165) is 6.42 Å². The van der Waals surface area contributed by atoms with Gasteiger partial charge in [0, 0.05) is 10.8 Å². The number of hydrogen-bond donors (Lipinski definition) is 1. The number of hydrogen-bond acceptors (Lipinski definition) is 1. The first-order valence-electron chi connectivity index (χ1n) is 4.08. The molecular formula is C8H19O2P. The summed E-state index contributed by atoms with van der Waals surface area (Å²) in [4.78, 5) is 9.68. The Labute approximate surface area is 69.5 Å². The zero-order chi connectivity index (χ0) is 9.28. The second-order valence-electron chi connectivity index (χ2n) is 3.88. The Hall–Kier alpha value is 0.190. The second kappa shape index (κ2) is 3.28. The average Bonchev–Trinajstić information content (AvgIpc) is 1.87. The Kier molecular flexibility index (Phi) is 3.34. The molecule has 11 heavy (non-hydrogen) atoms. The summed E-state index contributed by atoms with van der Waals surface area (Å²) in [5.74, 6) is 0. The van der Waals surface area contributed by atoms with Crippen molar-refractivity contribution in [2.45, 2.75) is 51.9 Å². The highest BCUT2D eigenvalue weighted by Gasteiger charge is 2.39. The molecule has 0 amide bonds. The van der Waals surface area contributed by atoms with Crippen LogP contribution in [-0.2, 0) is 4.57 Å². The van der Waals surface area contributed by atoms with E-state index in [1.54, 1.807) is 13.8 Å². The zero-order valence-corrected chi connectivity index (χ0v) is 8.98. The number of rotatable bonds is 3. The fourth-order valence-electron chi connectivity index (χ4n) is 0.926. The van der Waals surface area contributed by atoms with Crippen molar-refractivity contribution in [3.63, 3.8) is 0 Å². The van der Waals surface area contributed by atoms with E-state index in [2.05, 4.69) is 0 Å². The molecule has 0 aromatic carbocycles. The van der Waals surface area contributed by atoms with Gasteiger partial charge in [-0.15, -0.1) is 0 Å². The molecule has 0 aliphatic rings. The molecular weight excluding hydrogens is 159 g/mol. The molecule has 0 saturated carbocycles. The molecule has 0 fully saturated rings. The first-order chi connectivity index (χ1) is 4.75. The van der Waals surface area contributed by atoms with Crippen molar-refractivity contribution >= 4 is 7.37 Å². The first kappa shape index (κ1) is 11.2. The minimum absolute atomic E-state index is 0.127. The van der Waals surface area contributed by atoms with Gasteiger partial charge >= 0.3 is 0 Å². The Morgan fingerprint density at radius 2 is 1.82 bits per heavy atom. The van der Waals surface area contributed by atoms with Crippen molar-refractivity contribution in [3.8, 4) is 0 Å². The van der Waals surface area contributed by atoms with Crippen LogP contribution >= 0.6 is 7.37 Å². The second-order valence-corrected chi connectivity index (χ2v) is 7.37. The summed E-state index contributed by atoms with van der Waals surface area (Å²) in [5, 5.41) is -0.429. The molecule has 0 aromatic heterocycles. The fourth-order valence-corrected chi connectivity index (χ4v) is 2.78. The molecule has 1 N–H and O–H groups in total. The van der Waals surface area contributed by atoms with Crippen LogP contribution in [0, 0.1) is 0 Å². The Bertz CT molecular complexity index is 173. The molecule has 0 aromatic rings. The molecule has 3 heteroatoms. The monoisotopic (exact) mass is 178 g/mol. The Morgan fingerprint density at radius 3 is 1.91 bits per heavy atom. The normalized spacial score (nSPS) is 18.5. The van der Waals surface area contributed by atoms with Gasteiger partial charge < -0.3 is 4.89 Å². The lowest BCUT2D eigenvalue weighted by Crippen LogP contribution is -2.23. The van der Waals surface area contributed by atoms with Gasteiger partial charge in [-0.1, -0.05) is 34.6 Å². The summed E-state index contributed by atoms with van der Waals surface area (Å²) in [6, 6.07) is 0. The van der Waals surface area contributed by atoms with Crippen molar-refractivity contribution in [3.05, 3.63) is 0 Å². The fraction of sp³-hybridized carbons (Fsp3) is 1.00. The van der Waals surface area contributed by atoms with E-state index in [0.29, 0.717) is 0 Å². The van der Waals surface area contributed by atoms with Crippen LogP contribution in [0.1, 0.15) is 41.0 Å². The van der Waals surface area contributed by atoms with Crippen LogP contribution in [0.25, 0.3) is 0 Å². The molecule has 0 aliphatic heterocycles. The molecule has 0 radical (unpaired) electrons. The van der Waals surface area contributed by atoms with Crippen molar-refractivity contribution in [2.24, 2.45) is 0 Å². The minimum Gasteiger partial charge on any atom is -0.344 e. The Balaban J connectivity index is 4.69. The third-order valence-corrected chi connectivity index (χ3v) is 5.88. The first-order valence-corrected chi connectivity index (χ1v) is 5.81. The average molecular weight is 178 g/mol. The van der Waals surface area contributed by atoms with Gasteiger partial charge in [0.2, 0.25) is 7.37 Å². The Morgan fingerprint density at radius 1 is 1.45 bits per heavy atom. The molecule has 0 aliphatic carbocycles. The quantitative estimate of drug-likeness (QED) is 0.675. The summed E-state index contributed by atoms with van der Waals surface area (Å²) in [5.41, 5.74) is -0.127. The van der Waals surface area contributed by atoms with Crippen molar-refractivity contribution in [1.29, 1.82) is 0 Å². The van der Waals surface area contributed by atoms with Crippen LogP contribution in [0.15, 0.2) is 0 Å². The molecule has 1 unspecified atom stereocenters. The minimum atomic E-state index is -2.97. The third-order valence-electron chi connectivity index (χ3n) is 2.43. The van der Waals surface area contributed by atoms with Crippen LogP contribution in [0.4, 0.5) is 0 Å². The molecule has 1 atom stereocenters. The molecule has 2 nitrogen and oxygen atoms in total. The predicted molar refractivity (Wildman–Crippen MR) is 49.3 cm³/mol. The molecule has 0 spiro atoms. The largest absolute Gasteiger partial charge is 0.344 e. The van der Waals surface area contributed by atoms with E-state index in [4.69, 9.17) is 0 Å². The predicted octanol–water partition coefficient (Wildman–Crippen LogP) is 2.85. The van der Waals surface area contributed by atoms with Gasteiger partial charge in [-0.25, -0.2) is 0 Å². The SMILES string of the molecule is CCC(C)(C)P(=O)(O)C(C)C. The van der Waals surface area contributed by atoms with Gasteiger partial charge in [-0.05, 0) is 6.42 Å². The maximum Gasteiger partial charge on any atom is 0.208 e. The molecule has 0 saturated heterocycles. The van der Waals surface area contributed by atoms with Crippen molar-refractivity contribution in [2.75, 3.05) is 0 Å². The van der Waals surface area contributed by atoms with E-state index in [1.165, 1.54) is 0 Å². The van der Waals surface area contributed by atoms with E-state index >= 15 is 0 Å². The van der Waals surface area contributed by atoms with Gasteiger partial charge in [-0.2, -0.15) is 0 Å². The molecule has 0 bridgehead atoms. The van der Waals surface area contributed by atoms with Crippen LogP contribution in [-0.4, -0.2) is 15.7 Å². The molecule has 0 rings (SSSR count). The van der Waals surface area contributed by atoms with Gasteiger partial charge in [0.05, 0.1) is 0 Å². The van der Waals surface area contributed by atoms with Crippen LogP contribution in [0.5, 0.6) is 0 Å². The lowest BCUT2D eigenvalue weighted by Gasteiger charge is -2.31. The maximum atomic E-state index is 11.7. The summed E-state index contributed by atoms with van der Waals surface area (Å²) >= 11 is 0. The highest BCUT2D eigenvalue weighted by molar-refractivity contribution is 7.60. The van der Waals surface area contributed by atoms with Gasteiger partial charge in [0.25, 0.3) is 0 Å². The smallest absolute Gasteiger partial charge is 0.208 e. The van der Waals surface area contributed by atoms with Crippen LogP contribution in [0.3, 0.4) is 0 Å². The summed E-state index contributed by atoms with van der Waals surface area (Å²) in [7, 11) is -2.97. The maximum absolute atomic E-state index is 11.7. The van der Waals surface area contributed by atoms with Crippen LogP contribution < -0.4 is 0 Å². The summed E-state index contributed by atoms with van der Waals surface area (Å²) < 4.78 is 11.7. The van der Waals surface area contributed by atoms with Crippen molar-refractivity contribution < 1.29 is 9.46 Å². The zero-order valence-electron chi connectivity index (χ0n) is 8.09. The van der Waals surface area contributed by atoms with E-state index < -0.39 is 12.5 Å². The van der Waals surface area contributed by atoms with Gasteiger partial charge in [0.1, 0.15) is 0 Å². The van der Waals surface area contributed by atoms with Gasteiger partial charge in [-0.3, -0.25) is 4.57 Å². The van der Waals surface area contributed by atoms with Crippen LogP contribution in [0.2, 0.25) is 0 Å². The topological polar surface area (TPSA) is 37.3 Å². The highest BCUT2D eigenvalue weighted by atomic mass is 31.2.